The van der Waals surface area contributed by atoms with Crippen molar-refractivity contribution in [2.24, 2.45) is 5.92 Å². The summed E-state index contributed by atoms with van der Waals surface area (Å²) in [4.78, 5) is 25.9. The van der Waals surface area contributed by atoms with E-state index in [1.54, 1.807) is 46.5 Å². The van der Waals surface area contributed by atoms with Gasteiger partial charge in [-0.15, -0.1) is 11.3 Å². The van der Waals surface area contributed by atoms with Crippen molar-refractivity contribution >= 4 is 34.5 Å². The molecular weight excluding hydrogens is 408 g/mol. The first-order valence-electron chi connectivity index (χ1n) is 10.1. The van der Waals surface area contributed by atoms with Crippen LogP contribution in [0.25, 0.3) is 16.3 Å². The molecule has 2 N–H and O–H groups in total. The summed E-state index contributed by atoms with van der Waals surface area (Å²) in [6, 6.07) is 20.8. The van der Waals surface area contributed by atoms with Gasteiger partial charge in [-0.2, -0.15) is 5.10 Å². The SMILES string of the molecule is O=C(Nc1ccc(NC(=O)C2CC2)cc1)c1cn(-c2ccccc2)nc1-c1cccs1. The first kappa shape index (κ1) is 19.3. The molecule has 1 saturated carbocycles. The molecule has 1 aliphatic rings. The Labute approximate surface area is 183 Å². The topological polar surface area (TPSA) is 76.0 Å². The van der Waals surface area contributed by atoms with Gasteiger partial charge in [0, 0.05) is 23.5 Å². The van der Waals surface area contributed by atoms with Crippen molar-refractivity contribution in [3.63, 3.8) is 0 Å². The number of rotatable bonds is 6. The van der Waals surface area contributed by atoms with E-state index in [1.807, 2.05) is 47.8 Å². The van der Waals surface area contributed by atoms with Crippen molar-refractivity contribution in [1.29, 1.82) is 0 Å². The number of nitrogens with one attached hydrogen (secondary N) is 2. The molecule has 7 heteroatoms. The van der Waals surface area contributed by atoms with Crippen LogP contribution in [-0.2, 0) is 4.79 Å². The number of hydrogen-bond acceptors (Lipinski definition) is 4. The maximum Gasteiger partial charge on any atom is 0.259 e. The van der Waals surface area contributed by atoms with Crippen LogP contribution in [-0.4, -0.2) is 21.6 Å². The van der Waals surface area contributed by atoms with Crippen LogP contribution in [0.15, 0.2) is 78.3 Å². The molecule has 6 nitrogen and oxygen atoms in total. The smallest absolute Gasteiger partial charge is 0.259 e. The van der Waals surface area contributed by atoms with E-state index in [0.29, 0.717) is 16.9 Å². The molecule has 31 heavy (non-hydrogen) atoms. The number of anilines is 2. The van der Waals surface area contributed by atoms with Crippen molar-refractivity contribution in [2.45, 2.75) is 12.8 Å². The Bertz CT molecular complexity index is 1210. The van der Waals surface area contributed by atoms with E-state index in [1.165, 1.54) is 0 Å². The van der Waals surface area contributed by atoms with E-state index in [2.05, 4.69) is 15.7 Å². The van der Waals surface area contributed by atoms with E-state index in [4.69, 9.17) is 0 Å². The molecule has 0 unspecified atom stereocenters. The molecule has 5 rings (SSSR count). The first-order chi connectivity index (χ1) is 15.2. The van der Waals surface area contributed by atoms with Crippen LogP contribution in [0.4, 0.5) is 11.4 Å². The summed E-state index contributed by atoms with van der Waals surface area (Å²) < 4.78 is 1.72. The molecule has 0 saturated heterocycles. The summed E-state index contributed by atoms with van der Waals surface area (Å²) >= 11 is 1.54. The van der Waals surface area contributed by atoms with E-state index >= 15 is 0 Å². The van der Waals surface area contributed by atoms with Gasteiger partial charge in [0.1, 0.15) is 5.69 Å². The molecule has 0 atom stereocenters. The van der Waals surface area contributed by atoms with Gasteiger partial charge < -0.3 is 10.6 Å². The third kappa shape index (κ3) is 4.27. The number of nitrogens with zero attached hydrogens (tertiary/aromatic N) is 2. The first-order valence-corrected chi connectivity index (χ1v) is 11.0. The zero-order chi connectivity index (χ0) is 21.2. The Morgan fingerprint density at radius 3 is 2.26 bits per heavy atom. The fourth-order valence-electron chi connectivity index (χ4n) is 3.27. The van der Waals surface area contributed by atoms with Gasteiger partial charge in [-0.25, -0.2) is 4.68 Å². The second-order valence-corrected chi connectivity index (χ2v) is 8.39. The molecule has 154 valence electrons. The summed E-state index contributed by atoms with van der Waals surface area (Å²) in [5, 5.41) is 12.5. The van der Waals surface area contributed by atoms with E-state index in [-0.39, 0.29) is 17.7 Å². The lowest BCUT2D eigenvalue weighted by molar-refractivity contribution is -0.117. The van der Waals surface area contributed by atoms with Crippen LogP contribution in [0.3, 0.4) is 0 Å². The summed E-state index contributed by atoms with van der Waals surface area (Å²) in [7, 11) is 0. The highest BCUT2D eigenvalue weighted by Crippen LogP contribution is 2.31. The number of hydrogen-bond donors (Lipinski definition) is 2. The minimum Gasteiger partial charge on any atom is -0.326 e. The minimum atomic E-state index is -0.236. The van der Waals surface area contributed by atoms with Gasteiger partial charge in [0.05, 0.1) is 16.1 Å². The molecule has 4 aromatic rings. The summed E-state index contributed by atoms with van der Waals surface area (Å²) in [6.45, 7) is 0. The standard InChI is InChI=1S/C24H20N4O2S/c29-23(16-8-9-16)25-17-10-12-18(13-11-17)26-24(30)20-15-28(19-5-2-1-3-6-19)27-22(20)21-7-4-14-31-21/h1-7,10-16H,8-9H2,(H,25,29)(H,26,30). The van der Waals surface area contributed by atoms with Crippen LogP contribution in [0.1, 0.15) is 23.2 Å². The molecule has 2 heterocycles. The number of carbonyl (C=O) groups excluding carboxylic acids is 2. The fourth-order valence-corrected chi connectivity index (χ4v) is 4.00. The van der Waals surface area contributed by atoms with Gasteiger partial charge in [0.2, 0.25) is 5.91 Å². The maximum atomic E-state index is 13.1. The summed E-state index contributed by atoms with van der Waals surface area (Å²) in [5.41, 5.74) is 3.40. The fraction of sp³-hybridized carbons (Fsp3) is 0.125. The monoisotopic (exact) mass is 428 g/mol. The highest BCUT2D eigenvalue weighted by molar-refractivity contribution is 7.13. The van der Waals surface area contributed by atoms with Crippen LogP contribution >= 0.6 is 11.3 Å². The zero-order valence-corrected chi connectivity index (χ0v) is 17.4. The van der Waals surface area contributed by atoms with Crippen molar-refractivity contribution in [1.82, 2.24) is 9.78 Å². The third-order valence-corrected chi connectivity index (χ3v) is 5.97. The van der Waals surface area contributed by atoms with Gasteiger partial charge in [-0.3, -0.25) is 9.59 Å². The molecule has 2 aromatic heterocycles. The lowest BCUT2D eigenvalue weighted by Gasteiger charge is -2.07. The highest BCUT2D eigenvalue weighted by Gasteiger charge is 2.29. The van der Waals surface area contributed by atoms with E-state index in [9.17, 15) is 9.59 Å². The second kappa shape index (κ2) is 8.20. The lowest BCUT2D eigenvalue weighted by Crippen LogP contribution is -2.14. The van der Waals surface area contributed by atoms with Crippen LogP contribution in [0.5, 0.6) is 0 Å². The third-order valence-electron chi connectivity index (χ3n) is 5.09. The summed E-state index contributed by atoms with van der Waals surface area (Å²) in [6.07, 6.45) is 3.68. The zero-order valence-electron chi connectivity index (χ0n) is 16.6. The maximum absolute atomic E-state index is 13.1. The van der Waals surface area contributed by atoms with Crippen molar-refractivity contribution < 1.29 is 9.59 Å². The van der Waals surface area contributed by atoms with Crippen molar-refractivity contribution in [2.75, 3.05) is 10.6 Å². The van der Waals surface area contributed by atoms with Crippen molar-refractivity contribution in [3.05, 3.63) is 83.9 Å². The predicted molar refractivity (Wildman–Crippen MR) is 123 cm³/mol. The molecule has 0 aliphatic heterocycles. The number of aromatic nitrogens is 2. The Kier molecular flexibility index (Phi) is 5.09. The lowest BCUT2D eigenvalue weighted by atomic mass is 10.2. The highest BCUT2D eigenvalue weighted by atomic mass is 32.1. The predicted octanol–water partition coefficient (Wildman–Crippen LogP) is 5.20. The average molecular weight is 429 g/mol. The van der Waals surface area contributed by atoms with Crippen LogP contribution < -0.4 is 10.6 Å². The van der Waals surface area contributed by atoms with Gasteiger partial charge in [-0.05, 0) is 60.7 Å². The van der Waals surface area contributed by atoms with E-state index in [0.717, 1.165) is 29.1 Å². The number of amides is 2. The Hall–Kier alpha value is -3.71. The van der Waals surface area contributed by atoms with Crippen LogP contribution in [0.2, 0.25) is 0 Å². The average Bonchev–Trinajstić information content (AvgIpc) is 3.32. The molecule has 1 fully saturated rings. The number of carbonyl (C=O) groups is 2. The van der Waals surface area contributed by atoms with Gasteiger partial charge >= 0.3 is 0 Å². The van der Waals surface area contributed by atoms with Gasteiger partial charge in [-0.1, -0.05) is 24.3 Å². The number of thiophene rings is 1. The minimum absolute atomic E-state index is 0.0608. The quantitative estimate of drug-likeness (QED) is 0.443. The Balaban J connectivity index is 1.38. The Morgan fingerprint density at radius 2 is 1.61 bits per heavy atom. The molecule has 0 radical (unpaired) electrons. The molecule has 0 bridgehead atoms. The van der Waals surface area contributed by atoms with Gasteiger partial charge in [0.25, 0.3) is 5.91 Å². The molecule has 2 aromatic carbocycles. The normalized spacial score (nSPS) is 13.0. The van der Waals surface area contributed by atoms with Gasteiger partial charge in [0.15, 0.2) is 0 Å². The van der Waals surface area contributed by atoms with Crippen molar-refractivity contribution in [3.8, 4) is 16.3 Å². The molecule has 1 aliphatic carbocycles. The number of benzene rings is 2. The number of para-hydroxylation sites is 1. The summed E-state index contributed by atoms with van der Waals surface area (Å²) in [5.74, 6) is -0.0257. The molecule has 0 spiro atoms. The second-order valence-electron chi connectivity index (χ2n) is 7.44. The Morgan fingerprint density at radius 1 is 0.903 bits per heavy atom. The molecular formula is C24H20N4O2S. The van der Waals surface area contributed by atoms with E-state index < -0.39 is 0 Å². The van der Waals surface area contributed by atoms with Crippen LogP contribution in [0, 0.1) is 5.92 Å². The largest absolute Gasteiger partial charge is 0.326 e. The molecule has 2 amide bonds.